The molecular formula is C13H14F3NO3S. The van der Waals surface area contributed by atoms with Crippen LogP contribution in [0, 0.1) is 11.8 Å². The van der Waals surface area contributed by atoms with E-state index in [0.717, 1.165) is 9.75 Å². The van der Waals surface area contributed by atoms with Crippen LogP contribution in [0.2, 0.25) is 0 Å². The Labute approximate surface area is 123 Å². The fourth-order valence-corrected chi connectivity index (χ4v) is 2.06. The van der Waals surface area contributed by atoms with Crippen molar-refractivity contribution < 1.29 is 27.8 Å². The molecule has 0 atom stereocenters. The van der Waals surface area contributed by atoms with E-state index in [9.17, 15) is 18.0 Å². The number of hydrogen-bond donors (Lipinski definition) is 2. The maximum atomic E-state index is 11.8. The smallest absolute Gasteiger partial charge is 0.395 e. The first-order valence-electron chi connectivity index (χ1n) is 6.00. The monoisotopic (exact) mass is 321 g/mol. The van der Waals surface area contributed by atoms with Gasteiger partial charge in [-0.15, -0.1) is 11.3 Å². The zero-order valence-electron chi connectivity index (χ0n) is 11.0. The van der Waals surface area contributed by atoms with E-state index in [-0.39, 0.29) is 13.2 Å². The van der Waals surface area contributed by atoms with E-state index in [4.69, 9.17) is 5.11 Å². The lowest BCUT2D eigenvalue weighted by atomic mass is 10.4. The first-order chi connectivity index (χ1) is 9.90. The lowest BCUT2D eigenvalue weighted by Gasteiger charge is -2.07. The van der Waals surface area contributed by atoms with Crippen LogP contribution in [0.4, 0.5) is 13.2 Å². The third kappa shape index (κ3) is 8.34. The summed E-state index contributed by atoms with van der Waals surface area (Å²) in [6, 6.07) is 3.54. The van der Waals surface area contributed by atoms with Gasteiger partial charge in [-0.3, -0.25) is 4.79 Å². The highest BCUT2D eigenvalue weighted by Gasteiger charge is 2.27. The van der Waals surface area contributed by atoms with Crippen LogP contribution in [-0.2, 0) is 16.1 Å². The quantitative estimate of drug-likeness (QED) is 0.784. The fraction of sp³-hybridized carbons (Fsp3) is 0.462. The van der Waals surface area contributed by atoms with Crippen molar-refractivity contribution in [2.45, 2.75) is 19.1 Å². The second-order valence-corrected chi connectivity index (χ2v) is 5.09. The molecule has 1 amide bonds. The van der Waals surface area contributed by atoms with E-state index in [2.05, 4.69) is 21.9 Å². The van der Waals surface area contributed by atoms with Crippen molar-refractivity contribution in [1.29, 1.82) is 0 Å². The second-order valence-electron chi connectivity index (χ2n) is 3.93. The summed E-state index contributed by atoms with van der Waals surface area (Å²) in [4.78, 5) is 12.9. The van der Waals surface area contributed by atoms with Gasteiger partial charge in [0.25, 0.3) is 0 Å². The lowest BCUT2D eigenvalue weighted by molar-refractivity contribution is -0.175. The highest BCUT2D eigenvalue weighted by atomic mass is 32.1. The summed E-state index contributed by atoms with van der Waals surface area (Å²) in [7, 11) is 0. The third-order valence-electron chi connectivity index (χ3n) is 2.07. The van der Waals surface area contributed by atoms with Crippen molar-refractivity contribution in [3.05, 3.63) is 21.9 Å². The van der Waals surface area contributed by atoms with E-state index < -0.39 is 25.3 Å². The van der Waals surface area contributed by atoms with Gasteiger partial charge < -0.3 is 15.2 Å². The standard InChI is InChI=1S/C13H14F3NO3S/c14-13(15,16)9-20-8-12(19)17-7-11-5-4-10(21-11)3-1-2-6-18/h4-5,18H,2,6-9H2,(H,17,19). The minimum absolute atomic E-state index is 0.000778. The average molecular weight is 321 g/mol. The Morgan fingerprint density at radius 3 is 2.86 bits per heavy atom. The summed E-state index contributed by atoms with van der Waals surface area (Å²) < 4.78 is 39.6. The Morgan fingerprint density at radius 2 is 2.19 bits per heavy atom. The highest BCUT2D eigenvalue weighted by molar-refractivity contribution is 7.12. The molecule has 0 aliphatic rings. The van der Waals surface area contributed by atoms with Gasteiger partial charge in [-0.05, 0) is 12.1 Å². The zero-order valence-corrected chi connectivity index (χ0v) is 11.8. The molecule has 0 unspecified atom stereocenters. The molecule has 0 aliphatic heterocycles. The predicted molar refractivity (Wildman–Crippen MR) is 71.6 cm³/mol. The molecule has 1 rings (SSSR count). The van der Waals surface area contributed by atoms with Gasteiger partial charge in [0, 0.05) is 11.3 Å². The number of carbonyl (C=O) groups excluding carboxylic acids is 1. The minimum Gasteiger partial charge on any atom is -0.395 e. The van der Waals surface area contributed by atoms with Crippen LogP contribution in [0.5, 0.6) is 0 Å². The number of thiophene rings is 1. The predicted octanol–water partition coefficient (Wildman–Crippen LogP) is 1.68. The van der Waals surface area contributed by atoms with Crippen LogP contribution >= 0.6 is 11.3 Å². The summed E-state index contributed by atoms with van der Waals surface area (Å²) in [5.74, 6) is 5.01. The van der Waals surface area contributed by atoms with Crippen LogP contribution < -0.4 is 5.32 Å². The van der Waals surface area contributed by atoms with Crippen molar-refractivity contribution >= 4 is 17.2 Å². The number of hydrogen-bond acceptors (Lipinski definition) is 4. The molecule has 0 spiro atoms. The first-order valence-corrected chi connectivity index (χ1v) is 6.82. The Balaban J connectivity index is 2.29. The van der Waals surface area contributed by atoms with Gasteiger partial charge in [-0.25, -0.2) is 0 Å². The van der Waals surface area contributed by atoms with Gasteiger partial charge in [-0.1, -0.05) is 11.8 Å². The minimum atomic E-state index is -4.43. The van der Waals surface area contributed by atoms with Crippen molar-refractivity contribution in [2.75, 3.05) is 19.8 Å². The number of halogens is 3. The number of rotatable bonds is 6. The SMILES string of the molecule is O=C(COCC(F)(F)F)NCc1ccc(C#CCCO)s1. The normalized spacial score (nSPS) is 10.9. The largest absolute Gasteiger partial charge is 0.411 e. The van der Waals surface area contributed by atoms with Crippen LogP contribution in [-0.4, -0.2) is 37.0 Å². The molecule has 21 heavy (non-hydrogen) atoms. The van der Waals surface area contributed by atoms with Crippen molar-refractivity contribution in [3.63, 3.8) is 0 Å². The topological polar surface area (TPSA) is 58.6 Å². The van der Waals surface area contributed by atoms with Crippen LogP contribution in [0.25, 0.3) is 0 Å². The molecule has 0 saturated heterocycles. The lowest BCUT2D eigenvalue weighted by Crippen LogP contribution is -2.29. The van der Waals surface area contributed by atoms with Gasteiger partial charge in [-0.2, -0.15) is 13.2 Å². The highest BCUT2D eigenvalue weighted by Crippen LogP contribution is 2.15. The van der Waals surface area contributed by atoms with Crippen molar-refractivity contribution in [1.82, 2.24) is 5.32 Å². The molecular weight excluding hydrogens is 307 g/mol. The molecule has 8 heteroatoms. The molecule has 4 nitrogen and oxygen atoms in total. The number of carbonyl (C=O) groups is 1. The van der Waals surface area contributed by atoms with Crippen molar-refractivity contribution in [2.24, 2.45) is 0 Å². The molecule has 0 fully saturated rings. The summed E-state index contributed by atoms with van der Waals surface area (Å²) in [5.41, 5.74) is 0. The molecule has 1 aromatic rings. The van der Waals surface area contributed by atoms with Crippen LogP contribution in [0.1, 0.15) is 16.2 Å². The number of aliphatic hydroxyl groups is 1. The molecule has 0 bridgehead atoms. The number of amides is 1. The second kappa shape index (κ2) is 8.67. The summed E-state index contributed by atoms with van der Waals surface area (Å²) >= 11 is 1.36. The van der Waals surface area contributed by atoms with Gasteiger partial charge in [0.15, 0.2) is 0 Å². The summed E-state index contributed by atoms with van der Waals surface area (Å²) in [6.45, 7) is -1.86. The number of alkyl halides is 3. The first kappa shape index (κ1) is 17.5. The molecule has 0 aliphatic carbocycles. The van der Waals surface area contributed by atoms with E-state index in [1.165, 1.54) is 11.3 Å². The molecule has 0 aromatic carbocycles. The molecule has 0 radical (unpaired) electrons. The Kier molecular flexibility index (Phi) is 7.22. The molecule has 1 aromatic heterocycles. The molecule has 0 saturated carbocycles. The van der Waals surface area contributed by atoms with Gasteiger partial charge in [0.05, 0.1) is 18.0 Å². The van der Waals surface area contributed by atoms with E-state index in [0.29, 0.717) is 6.42 Å². The third-order valence-corrected chi connectivity index (χ3v) is 3.07. The van der Waals surface area contributed by atoms with Gasteiger partial charge in [0.2, 0.25) is 5.91 Å². The van der Waals surface area contributed by atoms with Crippen LogP contribution in [0.3, 0.4) is 0 Å². The molecule has 2 N–H and O–H groups in total. The van der Waals surface area contributed by atoms with E-state index in [1.807, 2.05) is 0 Å². The summed E-state index contributed by atoms with van der Waals surface area (Å²) in [6.07, 6.45) is -4.04. The number of ether oxygens (including phenoxy) is 1. The summed E-state index contributed by atoms with van der Waals surface area (Å²) in [5, 5.41) is 11.0. The van der Waals surface area contributed by atoms with Gasteiger partial charge >= 0.3 is 6.18 Å². The van der Waals surface area contributed by atoms with Gasteiger partial charge in [0.1, 0.15) is 13.2 Å². The number of nitrogens with one attached hydrogen (secondary N) is 1. The molecule has 116 valence electrons. The Morgan fingerprint density at radius 1 is 1.43 bits per heavy atom. The Hall–Kier alpha value is -1.56. The van der Waals surface area contributed by atoms with E-state index in [1.54, 1.807) is 12.1 Å². The van der Waals surface area contributed by atoms with E-state index >= 15 is 0 Å². The fourth-order valence-electron chi connectivity index (χ4n) is 1.24. The molecule has 1 heterocycles. The maximum Gasteiger partial charge on any atom is 0.411 e. The average Bonchev–Trinajstić information content (AvgIpc) is 2.83. The number of aliphatic hydroxyl groups excluding tert-OH is 1. The van der Waals surface area contributed by atoms with Crippen molar-refractivity contribution in [3.8, 4) is 11.8 Å². The Bertz CT molecular complexity index is 517. The maximum absolute atomic E-state index is 11.8. The zero-order chi connectivity index (χ0) is 15.7. The van der Waals surface area contributed by atoms with Crippen LogP contribution in [0.15, 0.2) is 12.1 Å².